The Kier molecular flexibility index (Phi) is 7.39. The minimum absolute atomic E-state index is 0.162. The maximum absolute atomic E-state index is 12.7. The van der Waals surface area contributed by atoms with Gasteiger partial charge in [0.15, 0.2) is 0 Å². The molecule has 118 valence electrons. The van der Waals surface area contributed by atoms with Crippen LogP contribution in [0.1, 0.15) is 25.8 Å². The molecule has 4 nitrogen and oxygen atoms in total. The molecule has 21 heavy (non-hydrogen) atoms. The molecular formula is C15H23ClN2O2S. The third kappa shape index (κ3) is 4.81. The van der Waals surface area contributed by atoms with Crippen LogP contribution in [0.15, 0.2) is 35.7 Å². The van der Waals surface area contributed by atoms with Crippen molar-refractivity contribution in [1.82, 2.24) is 9.62 Å². The number of nitrogens with zero attached hydrogens (tertiary/aromatic N) is 1. The molecule has 0 radical (unpaired) electrons. The molecule has 0 heterocycles. The number of sulfonamides is 1. The highest BCUT2D eigenvalue weighted by molar-refractivity contribution is 7.89. The maximum Gasteiger partial charge on any atom is 0.244 e. The second kappa shape index (κ2) is 8.54. The molecule has 0 aromatic heterocycles. The summed E-state index contributed by atoms with van der Waals surface area (Å²) in [4.78, 5) is 0.162. The first-order valence-corrected chi connectivity index (χ1v) is 8.89. The minimum atomic E-state index is -3.60. The molecule has 1 N–H and O–H groups in total. The highest BCUT2D eigenvalue weighted by Gasteiger charge is 2.25. The van der Waals surface area contributed by atoms with Gasteiger partial charge in [0.25, 0.3) is 0 Å². The summed E-state index contributed by atoms with van der Waals surface area (Å²) in [5, 5.41) is 3.42. The van der Waals surface area contributed by atoms with Crippen LogP contribution in [0.2, 0.25) is 5.02 Å². The predicted octanol–water partition coefficient (Wildman–Crippen LogP) is 3.04. The van der Waals surface area contributed by atoms with Gasteiger partial charge < -0.3 is 5.32 Å². The van der Waals surface area contributed by atoms with E-state index in [0.717, 1.165) is 18.5 Å². The fourth-order valence-corrected chi connectivity index (χ4v) is 3.99. The van der Waals surface area contributed by atoms with Crippen molar-refractivity contribution in [3.63, 3.8) is 0 Å². The van der Waals surface area contributed by atoms with Gasteiger partial charge in [-0.15, -0.1) is 6.58 Å². The third-order valence-corrected chi connectivity index (χ3v) is 5.35. The summed E-state index contributed by atoms with van der Waals surface area (Å²) in [6, 6.07) is 5.12. The Morgan fingerprint density at radius 2 is 2.10 bits per heavy atom. The molecular weight excluding hydrogens is 308 g/mol. The summed E-state index contributed by atoms with van der Waals surface area (Å²) in [5.41, 5.74) is 0.898. The predicted molar refractivity (Wildman–Crippen MR) is 88.1 cm³/mol. The molecule has 1 aromatic carbocycles. The summed E-state index contributed by atoms with van der Waals surface area (Å²) in [6.07, 6.45) is 2.32. The van der Waals surface area contributed by atoms with Gasteiger partial charge >= 0.3 is 0 Å². The molecule has 1 rings (SSSR count). The smallest absolute Gasteiger partial charge is 0.244 e. The molecule has 0 aliphatic carbocycles. The van der Waals surface area contributed by atoms with Crippen molar-refractivity contribution in [1.29, 1.82) is 0 Å². The van der Waals surface area contributed by atoms with Crippen molar-refractivity contribution in [2.75, 3.05) is 19.6 Å². The number of nitrogens with one attached hydrogen (secondary N) is 1. The number of halogens is 1. The number of hydrogen-bond acceptors (Lipinski definition) is 3. The van der Waals surface area contributed by atoms with E-state index < -0.39 is 10.0 Å². The summed E-state index contributed by atoms with van der Waals surface area (Å²) in [7, 11) is -3.60. The van der Waals surface area contributed by atoms with Crippen molar-refractivity contribution >= 4 is 21.6 Å². The van der Waals surface area contributed by atoms with Crippen LogP contribution in [0.5, 0.6) is 0 Å². The average molecular weight is 331 g/mol. The molecule has 0 amide bonds. The van der Waals surface area contributed by atoms with E-state index in [2.05, 4.69) is 11.9 Å². The van der Waals surface area contributed by atoms with Gasteiger partial charge in [-0.25, -0.2) is 8.42 Å². The molecule has 0 saturated heterocycles. The molecule has 6 heteroatoms. The van der Waals surface area contributed by atoms with E-state index in [-0.39, 0.29) is 16.5 Å². The van der Waals surface area contributed by atoms with E-state index in [1.165, 1.54) is 4.31 Å². The highest BCUT2D eigenvalue weighted by atomic mass is 35.5. The highest BCUT2D eigenvalue weighted by Crippen LogP contribution is 2.26. The Morgan fingerprint density at radius 1 is 1.38 bits per heavy atom. The Balaban J connectivity index is 3.18. The van der Waals surface area contributed by atoms with Gasteiger partial charge in [-0.2, -0.15) is 4.31 Å². The first-order chi connectivity index (χ1) is 9.97. The third-order valence-electron chi connectivity index (χ3n) is 3.00. The topological polar surface area (TPSA) is 49.4 Å². The second-order valence-electron chi connectivity index (χ2n) is 4.70. The standard InChI is InChI=1S/C15H23ClN2O2S/c1-4-9-18(10-5-2)21(19,20)15-11-13(12-17-6-3)7-8-14(15)16/h4,7-8,11,17H,1,5-6,9-10,12H2,2-3H3. The van der Waals surface area contributed by atoms with Crippen molar-refractivity contribution < 1.29 is 8.42 Å². The fourth-order valence-electron chi connectivity index (χ4n) is 1.97. The van der Waals surface area contributed by atoms with Gasteiger partial charge in [0.1, 0.15) is 4.90 Å². The lowest BCUT2D eigenvalue weighted by molar-refractivity contribution is 0.441. The van der Waals surface area contributed by atoms with E-state index in [4.69, 9.17) is 11.6 Å². The van der Waals surface area contributed by atoms with Crippen LogP contribution in [0.3, 0.4) is 0 Å². The summed E-state index contributed by atoms with van der Waals surface area (Å²) < 4.78 is 26.9. The van der Waals surface area contributed by atoms with Crippen molar-refractivity contribution in [3.05, 3.63) is 41.4 Å². The van der Waals surface area contributed by atoms with Gasteiger partial charge in [-0.1, -0.05) is 37.6 Å². The SMILES string of the molecule is C=CCN(CCC)S(=O)(=O)c1cc(CNCC)ccc1Cl. The maximum atomic E-state index is 12.7. The van der Waals surface area contributed by atoms with Gasteiger partial charge in [-0.05, 0) is 30.7 Å². The first-order valence-electron chi connectivity index (χ1n) is 7.07. The van der Waals surface area contributed by atoms with Gasteiger partial charge in [0, 0.05) is 19.6 Å². The average Bonchev–Trinajstić information content (AvgIpc) is 2.46. The van der Waals surface area contributed by atoms with Gasteiger partial charge in [0.2, 0.25) is 10.0 Å². The van der Waals surface area contributed by atoms with Gasteiger partial charge in [-0.3, -0.25) is 0 Å². The van der Waals surface area contributed by atoms with Crippen LogP contribution in [-0.4, -0.2) is 32.4 Å². The lowest BCUT2D eigenvalue weighted by Gasteiger charge is -2.21. The van der Waals surface area contributed by atoms with Crippen molar-refractivity contribution in [2.45, 2.75) is 31.7 Å². The normalized spacial score (nSPS) is 11.8. The molecule has 0 aliphatic rings. The molecule has 0 aliphatic heterocycles. The van der Waals surface area contributed by atoms with Crippen LogP contribution in [-0.2, 0) is 16.6 Å². The Morgan fingerprint density at radius 3 is 2.67 bits per heavy atom. The van der Waals surface area contributed by atoms with E-state index in [1.807, 2.05) is 19.9 Å². The lowest BCUT2D eigenvalue weighted by Crippen LogP contribution is -2.32. The van der Waals surface area contributed by atoms with E-state index >= 15 is 0 Å². The molecule has 0 unspecified atom stereocenters. The second-order valence-corrected chi connectivity index (χ2v) is 7.01. The zero-order valence-electron chi connectivity index (χ0n) is 12.6. The van der Waals surface area contributed by atoms with E-state index in [9.17, 15) is 8.42 Å². The van der Waals surface area contributed by atoms with Crippen LogP contribution < -0.4 is 5.32 Å². The Labute approximate surface area is 132 Å². The number of rotatable bonds is 9. The molecule has 0 bridgehead atoms. The number of hydrogen-bond donors (Lipinski definition) is 1. The lowest BCUT2D eigenvalue weighted by atomic mass is 10.2. The number of benzene rings is 1. The zero-order chi connectivity index (χ0) is 15.9. The molecule has 0 spiro atoms. The Bertz CT molecular complexity index is 573. The molecule has 0 fully saturated rings. The summed E-state index contributed by atoms with van der Waals surface area (Å²) in [6.45, 7) is 9.73. The van der Waals surface area contributed by atoms with Crippen LogP contribution in [0, 0.1) is 0 Å². The largest absolute Gasteiger partial charge is 0.313 e. The minimum Gasteiger partial charge on any atom is -0.313 e. The quantitative estimate of drug-likeness (QED) is 0.708. The Hall–Kier alpha value is -0.880. The summed E-state index contributed by atoms with van der Waals surface area (Å²) >= 11 is 6.11. The van der Waals surface area contributed by atoms with Crippen LogP contribution in [0.4, 0.5) is 0 Å². The van der Waals surface area contributed by atoms with Crippen LogP contribution >= 0.6 is 11.6 Å². The van der Waals surface area contributed by atoms with Crippen molar-refractivity contribution in [3.8, 4) is 0 Å². The zero-order valence-corrected chi connectivity index (χ0v) is 14.2. The van der Waals surface area contributed by atoms with Crippen LogP contribution in [0.25, 0.3) is 0 Å². The fraction of sp³-hybridized carbons (Fsp3) is 0.467. The van der Waals surface area contributed by atoms with E-state index in [0.29, 0.717) is 13.1 Å². The first kappa shape index (κ1) is 18.2. The molecule has 0 saturated carbocycles. The van der Waals surface area contributed by atoms with E-state index in [1.54, 1.807) is 18.2 Å². The molecule has 0 atom stereocenters. The summed E-state index contributed by atoms with van der Waals surface area (Å²) in [5.74, 6) is 0. The monoisotopic (exact) mass is 330 g/mol. The molecule has 1 aromatic rings. The van der Waals surface area contributed by atoms with Gasteiger partial charge in [0.05, 0.1) is 5.02 Å². The van der Waals surface area contributed by atoms with Crippen molar-refractivity contribution in [2.24, 2.45) is 0 Å².